The molecule has 130 valence electrons. The summed E-state index contributed by atoms with van der Waals surface area (Å²) in [5.41, 5.74) is 0. The summed E-state index contributed by atoms with van der Waals surface area (Å²) in [6.45, 7) is 1.08. The van der Waals surface area contributed by atoms with E-state index in [9.17, 15) is 8.42 Å². The van der Waals surface area contributed by atoms with E-state index in [1.807, 2.05) is 6.20 Å². The van der Waals surface area contributed by atoms with Crippen molar-refractivity contribution in [1.29, 1.82) is 0 Å². The van der Waals surface area contributed by atoms with Crippen molar-refractivity contribution in [3.63, 3.8) is 0 Å². The predicted molar refractivity (Wildman–Crippen MR) is 92.2 cm³/mol. The van der Waals surface area contributed by atoms with Crippen LogP contribution in [-0.2, 0) is 23.0 Å². The monoisotopic (exact) mass is 389 g/mol. The van der Waals surface area contributed by atoms with Crippen LogP contribution in [-0.4, -0.2) is 31.6 Å². The van der Waals surface area contributed by atoms with Crippen LogP contribution in [0.25, 0.3) is 0 Å². The molecule has 2 heterocycles. The van der Waals surface area contributed by atoms with Crippen molar-refractivity contribution in [2.24, 2.45) is 5.92 Å². The molecule has 1 aromatic heterocycles. The van der Waals surface area contributed by atoms with Crippen LogP contribution in [0.2, 0.25) is 10.0 Å². The molecule has 1 atom stereocenters. The number of fused-ring (bicyclic) bond motifs is 1. The normalized spacial score (nSPS) is 17.5. The lowest BCUT2D eigenvalue weighted by Crippen LogP contribution is -2.33. The van der Waals surface area contributed by atoms with Crippen LogP contribution in [0.1, 0.15) is 12.2 Å². The molecule has 0 aliphatic carbocycles. The third-order valence-corrected chi connectivity index (χ3v) is 6.56. The molecule has 6 nitrogen and oxygen atoms in total. The second-order valence-electron chi connectivity index (χ2n) is 5.65. The van der Waals surface area contributed by atoms with Gasteiger partial charge < -0.3 is 9.30 Å². The van der Waals surface area contributed by atoms with E-state index in [0.29, 0.717) is 12.3 Å². The first kappa shape index (κ1) is 17.5. The Hall–Kier alpha value is -1.28. The van der Waals surface area contributed by atoms with Crippen molar-refractivity contribution in [3.8, 4) is 5.75 Å². The molecule has 1 aromatic carbocycles. The number of nitrogens with zero attached hydrogens (tertiary/aromatic N) is 2. The van der Waals surface area contributed by atoms with Crippen molar-refractivity contribution >= 4 is 33.2 Å². The second kappa shape index (κ2) is 6.92. The SMILES string of the molecule is COc1ccc(S(=O)(=O)NCC2CCc3nccn3C2)c(Cl)c1Cl. The van der Waals surface area contributed by atoms with E-state index in [4.69, 9.17) is 27.9 Å². The lowest BCUT2D eigenvalue weighted by Gasteiger charge is -2.24. The number of aryl methyl sites for hydroxylation is 1. The first-order valence-electron chi connectivity index (χ1n) is 7.44. The minimum Gasteiger partial charge on any atom is -0.495 e. The number of hydrogen-bond acceptors (Lipinski definition) is 4. The average molecular weight is 390 g/mol. The zero-order valence-electron chi connectivity index (χ0n) is 13.0. The Morgan fingerprint density at radius 1 is 1.38 bits per heavy atom. The highest BCUT2D eigenvalue weighted by Gasteiger charge is 2.25. The van der Waals surface area contributed by atoms with Crippen LogP contribution < -0.4 is 9.46 Å². The van der Waals surface area contributed by atoms with E-state index in [1.54, 1.807) is 6.20 Å². The summed E-state index contributed by atoms with van der Waals surface area (Å²) < 4.78 is 34.8. The Labute approximate surface area is 150 Å². The lowest BCUT2D eigenvalue weighted by molar-refractivity contribution is 0.363. The van der Waals surface area contributed by atoms with Crippen molar-refractivity contribution in [2.75, 3.05) is 13.7 Å². The van der Waals surface area contributed by atoms with E-state index in [0.717, 1.165) is 25.2 Å². The largest absolute Gasteiger partial charge is 0.495 e. The van der Waals surface area contributed by atoms with Gasteiger partial charge in [-0.15, -0.1) is 0 Å². The van der Waals surface area contributed by atoms with Gasteiger partial charge >= 0.3 is 0 Å². The predicted octanol–water partition coefficient (Wildman–Crippen LogP) is 2.74. The maximum atomic E-state index is 12.5. The van der Waals surface area contributed by atoms with Crippen LogP contribution >= 0.6 is 23.2 Å². The summed E-state index contributed by atoms with van der Waals surface area (Å²) in [5.74, 6) is 1.58. The van der Waals surface area contributed by atoms with E-state index >= 15 is 0 Å². The van der Waals surface area contributed by atoms with Gasteiger partial charge in [0, 0.05) is 31.9 Å². The fraction of sp³-hybridized carbons (Fsp3) is 0.400. The zero-order valence-corrected chi connectivity index (χ0v) is 15.3. The van der Waals surface area contributed by atoms with Crippen molar-refractivity contribution in [1.82, 2.24) is 14.3 Å². The van der Waals surface area contributed by atoms with E-state index in [2.05, 4.69) is 14.3 Å². The minimum atomic E-state index is -3.75. The third kappa shape index (κ3) is 3.39. The number of benzene rings is 1. The van der Waals surface area contributed by atoms with Gasteiger partial charge in [0.15, 0.2) is 0 Å². The molecule has 0 saturated carbocycles. The second-order valence-corrected chi connectivity index (χ2v) is 8.14. The summed E-state index contributed by atoms with van der Waals surface area (Å²) in [6.07, 6.45) is 5.41. The highest BCUT2D eigenvalue weighted by Crippen LogP contribution is 2.36. The minimum absolute atomic E-state index is 0.0379. The van der Waals surface area contributed by atoms with Crippen molar-refractivity contribution < 1.29 is 13.2 Å². The summed E-state index contributed by atoms with van der Waals surface area (Å²) in [4.78, 5) is 4.22. The number of imidazole rings is 1. The van der Waals surface area contributed by atoms with E-state index in [1.165, 1.54) is 19.2 Å². The van der Waals surface area contributed by atoms with Gasteiger partial charge in [-0.1, -0.05) is 23.2 Å². The molecule has 24 heavy (non-hydrogen) atoms. The smallest absolute Gasteiger partial charge is 0.242 e. The molecule has 0 spiro atoms. The van der Waals surface area contributed by atoms with Crippen molar-refractivity contribution in [3.05, 3.63) is 40.4 Å². The van der Waals surface area contributed by atoms with E-state index < -0.39 is 10.0 Å². The molecule has 0 saturated heterocycles. The lowest BCUT2D eigenvalue weighted by atomic mass is 10.00. The highest BCUT2D eigenvalue weighted by atomic mass is 35.5. The molecular formula is C15H17Cl2N3O3S. The molecule has 9 heteroatoms. The number of aromatic nitrogens is 2. The number of hydrogen-bond donors (Lipinski definition) is 1. The topological polar surface area (TPSA) is 73.2 Å². The van der Waals surface area contributed by atoms with Gasteiger partial charge in [0.05, 0.1) is 12.1 Å². The molecule has 0 fully saturated rings. The molecule has 1 aliphatic heterocycles. The van der Waals surface area contributed by atoms with Gasteiger partial charge in [0.25, 0.3) is 0 Å². The number of halogens is 2. The molecule has 0 amide bonds. The van der Waals surface area contributed by atoms with Gasteiger partial charge in [-0.3, -0.25) is 0 Å². The molecule has 0 radical (unpaired) electrons. The maximum Gasteiger partial charge on any atom is 0.242 e. The maximum absolute atomic E-state index is 12.5. The van der Waals surface area contributed by atoms with Crippen molar-refractivity contribution in [2.45, 2.75) is 24.3 Å². The fourth-order valence-electron chi connectivity index (χ4n) is 2.79. The number of rotatable bonds is 5. The molecule has 1 unspecified atom stereocenters. The fourth-order valence-corrected chi connectivity index (χ4v) is 4.74. The molecule has 1 aliphatic rings. The van der Waals surface area contributed by atoms with Crippen LogP contribution in [0.15, 0.2) is 29.4 Å². The molecular weight excluding hydrogens is 373 g/mol. The standard InChI is InChI=1S/C15H17Cl2N3O3S/c1-23-11-3-4-12(15(17)14(11)16)24(21,22)19-8-10-2-5-13-18-6-7-20(13)9-10/h3-4,6-7,10,19H,2,5,8-9H2,1H3. The quantitative estimate of drug-likeness (QED) is 0.852. The Balaban J connectivity index is 1.72. The summed E-state index contributed by atoms with van der Waals surface area (Å²) in [5, 5.41) is 0.0480. The first-order valence-corrected chi connectivity index (χ1v) is 9.68. The number of nitrogens with one attached hydrogen (secondary N) is 1. The number of methoxy groups -OCH3 is 1. The Bertz CT molecular complexity index is 852. The van der Waals surface area contributed by atoms with Gasteiger partial charge in [0.2, 0.25) is 10.0 Å². The van der Waals surface area contributed by atoms with Gasteiger partial charge in [0.1, 0.15) is 21.5 Å². The Kier molecular flexibility index (Phi) is 5.05. The summed E-state index contributed by atoms with van der Waals surface area (Å²) in [6, 6.07) is 2.88. The van der Waals surface area contributed by atoms with Crippen LogP contribution in [0.5, 0.6) is 5.75 Å². The number of sulfonamides is 1. The Morgan fingerprint density at radius 3 is 2.92 bits per heavy atom. The van der Waals surface area contributed by atoms with Gasteiger partial charge in [-0.25, -0.2) is 18.1 Å². The zero-order chi connectivity index (χ0) is 17.3. The third-order valence-electron chi connectivity index (χ3n) is 4.12. The van der Waals surface area contributed by atoms with Gasteiger partial charge in [-0.05, 0) is 24.5 Å². The van der Waals surface area contributed by atoms with Crippen LogP contribution in [0.4, 0.5) is 0 Å². The summed E-state index contributed by atoms with van der Waals surface area (Å²) >= 11 is 12.1. The molecule has 2 aromatic rings. The highest BCUT2D eigenvalue weighted by molar-refractivity contribution is 7.89. The van der Waals surface area contributed by atoms with Gasteiger partial charge in [-0.2, -0.15) is 0 Å². The van der Waals surface area contributed by atoms with Crippen LogP contribution in [0, 0.1) is 5.92 Å². The number of ether oxygens (including phenoxy) is 1. The first-order chi connectivity index (χ1) is 11.4. The average Bonchev–Trinajstić information content (AvgIpc) is 3.03. The molecule has 0 bridgehead atoms. The summed E-state index contributed by atoms with van der Waals surface area (Å²) in [7, 11) is -2.31. The molecule has 1 N–H and O–H groups in total. The molecule has 3 rings (SSSR count). The van der Waals surface area contributed by atoms with Crippen LogP contribution in [0.3, 0.4) is 0 Å². The Morgan fingerprint density at radius 2 is 2.17 bits per heavy atom. The van der Waals surface area contributed by atoms with E-state index in [-0.39, 0.29) is 20.9 Å².